The number of allylic oxidation sites excluding steroid dienone is 3. The van der Waals surface area contributed by atoms with E-state index in [1.807, 2.05) is 0 Å². The molecule has 0 atom stereocenters. The van der Waals surface area contributed by atoms with Gasteiger partial charge < -0.3 is 4.98 Å². The lowest BCUT2D eigenvalue weighted by Crippen LogP contribution is -2.72. The number of hydrogen-bond acceptors (Lipinski definition) is 3. The van der Waals surface area contributed by atoms with Gasteiger partial charge in [-0.15, -0.1) is 0 Å². The maximum absolute atomic E-state index is 3.79. The van der Waals surface area contributed by atoms with Crippen LogP contribution in [0, 0.1) is 0 Å². The normalized spacial score (nSPS) is 18.7. The number of hydrogen-bond donors (Lipinski definition) is 1. The Morgan fingerprint density at radius 3 is 2.00 bits per heavy atom. The molecule has 0 aromatic heterocycles. The molecule has 1 rings (SSSR count). The van der Waals surface area contributed by atoms with E-state index >= 15 is 0 Å². The molecule has 0 spiro atoms. The third-order valence-corrected chi connectivity index (χ3v) is 8.70. The van der Waals surface area contributed by atoms with Gasteiger partial charge >= 0.3 is 8.56 Å². The largest absolute Gasteiger partial charge is 0.392 e. The first-order valence-corrected chi connectivity index (χ1v) is 9.35. The molecule has 3 nitrogen and oxygen atoms in total. The molecule has 1 N–H and O–H groups in total. The van der Waals surface area contributed by atoms with E-state index in [-0.39, 0.29) is 0 Å². The highest BCUT2D eigenvalue weighted by atomic mass is 28.4. The van der Waals surface area contributed by atoms with Crippen molar-refractivity contribution in [3.63, 3.8) is 0 Å². The summed E-state index contributed by atoms with van der Waals surface area (Å²) in [6.45, 7) is 15.7. The standard InChI is InChI=1S/C14H29N3Si/c1-6-16(7-2)18(17(8-3)9-4)13-11-14(5)10-12-15-18/h10-12,15H,6-9,13H2,1-5H3. The molecule has 0 aromatic rings. The summed E-state index contributed by atoms with van der Waals surface area (Å²) in [6.07, 6.45) is 6.77. The van der Waals surface area contributed by atoms with Gasteiger partial charge in [0, 0.05) is 6.04 Å². The topological polar surface area (TPSA) is 18.5 Å². The van der Waals surface area contributed by atoms with Crippen LogP contribution in [-0.2, 0) is 0 Å². The second-order valence-corrected chi connectivity index (χ2v) is 8.39. The Hall–Kier alpha value is -0.583. The third kappa shape index (κ3) is 3.05. The number of nitrogens with one attached hydrogen (secondary N) is 1. The summed E-state index contributed by atoms with van der Waals surface area (Å²) in [5.41, 5.74) is 1.37. The van der Waals surface area contributed by atoms with Crippen LogP contribution in [0.2, 0.25) is 6.04 Å². The Balaban J connectivity index is 3.11. The molecular formula is C14H29N3Si. The van der Waals surface area contributed by atoms with Crippen LogP contribution in [-0.4, -0.2) is 43.9 Å². The second kappa shape index (κ2) is 7.12. The third-order valence-electron chi connectivity index (χ3n) is 3.94. The maximum Gasteiger partial charge on any atom is 0.320 e. The summed E-state index contributed by atoms with van der Waals surface area (Å²) in [4.78, 5) is 3.79. The van der Waals surface area contributed by atoms with Crippen LogP contribution in [0.4, 0.5) is 0 Å². The first kappa shape index (κ1) is 15.5. The van der Waals surface area contributed by atoms with Crippen molar-refractivity contribution < 1.29 is 0 Å². The van der Waals surface area contributed by atoms with Crippen molar-refractivity contribution in [2.75, 3.05) is 26.2 Å². The van der Waals surface area contributed by atoms with E-state index in [1.54, 1.807) is 0 Å². The Kier molecular flexibility index (Phi) is 6.12. The lowest BCUT2D eigenvalue weighted by molar-refractivity contribution is 0.343. The smallest absolute Gasteiger partial charge is 0.320 e. The van der Waals surface area contributed by atoms with Crippen LogP contribution in [0.3, 0.4) is 0 Å². The zero-order chi connectivity index (χ0) is 13.6. The first-order valence-electron chi connectivity index (χ1n) is 7.25. The molecule has 0 aromatic carbocycles. The average molecular weight is 267 g/mol. The Bertz CT molecular complexity index is 292. The fraction of sp³-hybridized carbons (Fsp3) is 0.714. The van der Waals surface area contributed by atoms with Crippen molar-refractivity contribution in [2.24, 2.45) is 0 Å². The average Bonchev–Trinajstić information content (AvgIpc) is 2.56. The van der Waals surface area contributed by atoms with E-state index in [1.165, 1.54) is 5.57 Å². The highest BCUT2D eigenvalue weighted by Crippen LogP contribution is 2.21. The van der Waals surface area contributed by atoms with Crippen molar-refractivity contribution in [2.45, 2.75) is 40.7 Å². The predicted octanol–water partition coefficient (Wildman–Crippen LogP) is 2.67. The Morgan fingerprint density at radius 2 is 1.56 bits per heavy atom. The Labute approximate surface area is 114 Å². The fourth-order valence-electron chi connectivity index (χ4n) is 2.87. The van der Waals surface area contributed by atoms with Crippen molar-refractivity contribution in [1.82, 2.24) is 14.1 Å². The van der Waals surface area contributed by atoms with E-state index in [0.29, 0.717) is 0 Å². The zero-order valence-electron chi connectivity index (χ0n) is 12.7. The van der Waals surface area contributed by atoms with Crippen LogP contribution in [0.15, 0.2) is 23.9 Å². The van der Waals surface area contributed by atoms with Gasteiger partial charge in [-0.05, 0) is 45.4 Å². The van der Waals surface area contributed by atoms with E-state index in [4.69, 9.17) is 0 Å². The Morgan fingerprint density at radius 1 is 1.06 bits per heavy atom. The maximum atomic E-state index is 3.79. The van der Waals surface area contributed by atoms with Gasteiger partial charge in [0.2, 0.25) is 0 Å². The molecule has 0 unspecified atom stereocenters. The first-order chi connectivity index (χ1) is 8.64. The molecule has 4 heteroatoms. The molecular weight excluding hydrogens is 238 g/mol. The second-order valence-electron chi connectivity index (χ2n) is 4.79. The van der Waals surface area contributed by atoms with Gasteiger partial charge in [0.15, 0.2) is 0 Å². The fourth-order valence-corrected chi connectivity index (χ4v) is 7.32. The van der Waals surface area contributed by atoms with Gasteiger partial charge in [0.25, 0.3) is 0 Å². The monoisotopic (exact) mass is 267 g/mol. The summed E-state index contributed by atoms with van der Waals surface area (Å²) < 4.78 is 5.30. The van der Waals surface area contributed by atoms with E-state index < -0.39 is 8.56 Å². The molecule has 1 heterocycles. The molecule has 0 fully saturated rings. The molecule has 1 aliphatic heterocycles. The van der Waals surface area contributed by atoms with Gasteiger partial charge in [-0.3, -0.25) is 9.13 Å². The van der Waals surface area contributed by atoms with Crippen LogP contribution in [0.1, 0.15) is 34.6 Å². The number of rotatable bonds is 6. The number of nitrogens with zero attached hydrogens (tertiary/aromatic N) is 2. The predicted molar refractivity (Wildman–Crippen MR) is 82.4 cm³/mol. The molecule has 1 aliphatic rings. The summed E-state index contributed by atoms with van der Waals surface area (Å²) in [7, 11) is -1.78. The van der Waals surface area contributed by atoms with Crippen molar-refractivity contribution in [3.8, 4) is 0 Å². The molecule has 18 heavy (non-hydrogen) atoms. The van der Waals surface area contributed by atoms with Crippen molar-refractivity contribution >= 4 is 8.56 Å². The summed E-state index contributed by atoms with van der Waals surface area (Å²) in [5, 5.41) is 0. The van der Waals surface area contributed by atoms with Gasteiger partial charge in [0.1, 0.15) is 0 Å². The SMILES string of the molecule is CCN(CC)[Si]1(N(CC)CC)CC=C(C)C=CN1. The molecule has 0 saturated carbocycles. The molecule has 0 aliphatic carbocycles. The van der Waals surface area contributed by atoms with Gasteiger partial charge in [-0.1, -0.05) is 39.3 Å². The quantitative estimate of drug-likeness (QED) is 0.747. The van der Waals surface area contributed by atoms with Gasteiger partial charge in [-0.2, -0.15) is 0 Å². The summed E-state index contributed by atoms with van der Waals surface area (Å²) in [6, 6.07) is 1.16. The van der Waals surface area contributed by atoms with Crippen LogP contribution < -0.4 is 4.98 Å². The lowest BCUT2D eigenvalue weighted by atomic mass is 10.3. The molecule has 0 bridgehead atoms. The van der Waals surface area contributed by atoms with E-state index in [2.05, 4.69) is 67.1 Å². The summed E-state index contributed by atoms with van der Waals surface area (Å²) >= 11 is 0. The highest BCUT2D eigenvalue weighted by Gasteiger charge is 2.43. The van der Waals surface area contributed by atoms with Crippen LogP contribution in [0.5, 0.6) is 0 Å². The van der Waals surface area contributed by atoms with Crippen LogP contribution in [0.25, 0.3) is 0 Å². The molecule has 0 amide bonds. The van der Waals surface area contributed by atoms with Crippen molar-refractivity contribution in [3.05, 3.63) is 23.9 Å². The minimum Gasteiger partial charge on any atom is -0.392 e. The van der Waals surface area contributed by atoms with Gasteiger partial charge in [-0.25, -0.2) is 0 Å². The molecule has 104 valence electrons. The van der Waals surface area contributed by atoms with Crippen LogP contribution >= 0.6 is 0 Å². The highest BCUT2D eigenvalue weighted by molar-refractivity contribution is 6.72. The lowest BCUT2D eigenvalue weighted by Gasteiger charge is -2.46. The van der Waals surface area contributed by atoms with Gasteiger partial charge in [0.05, 0.1) is 0 Å². The zero-order valence-corrected chi connectivity index (χ0v) is 13.7. The summed E-state index contributed by atoms with van der Waals surface area (Å²) in [5.74, 6) is 0. The van der Waals surface area contributed by atoms with E-state index in [9.17, 15) is 0 Å². The minimum atomic E-state index is -1.78. The van der Waals surface area contributed by atoms with E-state index in [0.717, 1.165) is 32.2 Å². The molecule has 0 saturated heterocycles. The van der Waals surface area contributed by atoms with Crippen molar-refractivity contribution in [1.29, 1.82) is 0 Å². The molecule has 0 radical (unpaired) electrons. The minimum absolute atomic E-state index is 1.12.